The van der Waals surface area contributed by atoms with E-state index in [4.69, 9.17) is 0 Å². The first-order valence-corrected chi connectivity index (χ1v) is 12.2. The molecule has 0 radical (unpaired) electrons. The van der Waals surface area contributed by atoms with Gasteiger partial charge in [-0.1, -0.05) is 6.07 Å². The van der Waals surface area contributed by atoms with Gasteiger partial charge in [0.25, 0.3) is 0 Å². The highest BCUT2D eigenvalue weighted by Gasteiger charge is 2.45. The van der Waals surface area contributed by atoms with E-state index in [0.29, 0.717) is 23.7 Å². The first-order valence-electron chi connectivity index (χ1n) is 9.87. The minimum atomic E-state index is -3.57. The van der Waals surface area contributed by atoms with E-state index in [1.807, 2.05) is 0 Å². The number of imide groups is 2. The van der Waals surface area contributed by atoms with Crippen molar-refractivity contribution in [3.05, 3.63) is 46.7 Å². The lowest BCUT2D eigenvalue weighted by molar-refractivity contribution is -0.143. The van der Waals surface area contributed by atoms with Gasteiger partial charge in [0.05, 0.1) is 11.4 Å². The molecule has 1 aromatic heterocycles. The Kier molecular flexibility index (Phi) is 6.09. The Labute approximate surface area is 188 Å². The molecule has 5 amide bonds. The zero-order valence-electron chi connectivity index (χ0n) is 16.9. The van der Waals surface area contributed by atoms with Crippen LogP contribution in [0.3, 0.4) is 0 Å². The molecular weight excluding hydrogens is 456 g/mol. The van der Waals surface area contributed by atoms with Crippen LogP contribution in [0.15, 0.2) is 46.7 Å². The zero-order valence-corrected chi connectivity index (χ0v) is 18.5. The van der Waals surface area contributed by atoms with Gasteiger partial charge in [-0.2, -0.15) is 4.31 Å². The highest BCUT2D eigenvalue weighted by molar-refractivity contribution is 7.89. The monoisotopic (exact) mass is 476 g/mol. The molecule has 2 fully saturated rings. The third-order valence-corrected chi connectivity index (χ3v) is 7.95. The summed E-state index contributed by atoms with van der Waals surface area (Å²) in [4.78, 5) is 51.5. The molecule has 0 unspecified atom stereocenters. The predicted octanol–water partition coefficient (Wildman–Crippen LogP) is 1.46. The summed E-state index contributed by atoms with van der Waals surface area (Å²) < 4.78 is 26.6. The largest absolute Gasteiger partial charge is 0.335 e. The van der Waals surface area contributed by atoms with E-state index in [2.05, 4.69) is 5.32 Å². The van der Waals surface area contributed by atoms with E-state index < -0.39 is 40.3 Å². The van der Waals surface area contributed by atoms with Crippen molar-refractivity contribution in [2.45, 2.75) is 24.3 Å². The fraction of sp³-hybridized carbons (Fsp3) is 0.300. The molecule has 0 aliphatic carbocycles. The topological polar surface area (TPSA) is 124 Å². The SMILES string of the molecule is O=C(CN1C(=O)C(=O)N(Cc2cccs2)C1=O)Nc1ccc(S(=O)(=O)N2CCCC2)cc1. The van der Waals surface area contributed by atoms with E-state index >= 15 is 0 Å². The van der Waals surface area contributed by atoms with Gasteiger partial charge in [-0.3, -0.25) is 19.3 Å². The van der Waals surface area contributed by atoms with Gasteiger partial charge in [-0.15, -0.1) is 11.3 Å². The van der Waals surface area contributed by atoms with E-state index in [1.165, 1.54) is 39.9 Å². The molecule has 2 aromatic rings. The molecule has 0 saturated carbocycles. The van der Waals surface area contributed by atoms with Crippen molar-refractivity contribution in [1.82, 2.24) is 14.1 Å². The van der Waals surface area contributed by atoms with Crippen LogP contribution in [0.4, 0.5) is 10.5 Å². The van der Waals surface area contributed by atoms with Crippen molar-refractivity contribution < 1.29 is 27.6 Å². The highest BCUT2D eigenvalue weighted by atomic mass is 32.2. The Morgan fingerprint density at radius 1 is 0.969 bits per heavy atom. The standard InChI is InChI=1S/C20H20N4O6S2/c25-17(13-24-19(27)18(26)23(20(24)28)12-15-4-3-11-31-15)21-14-5-7-16(8-6-14)32(29,30)22-9-1-2-10-22/h3-8,11H,1-2,9-10,12-13H2,(H,21,25). The van der Waals surface area contributed by atoms with Crippen LogP contribution in [0.5, 0.6) is 0 Å². The number of carbonyl (C=O) groups is 4. The minimum absolute atomic E-state index is 0.0356. The summed E-state index contributed by atoms with van der Waals surface area (Å²) in [5, 5.41) is 4.30. The van der Waals surface area contributed by atoms with Crippen LogP contribution < -0.4 is 5.32 Å². The van der Waals surface area contributed by atoms with E-state index in [0.717, 1.165) is 22.6 Å². The molecule has 32 heavy (non-hydrogen) atoms. The Balaban J connectivity index is 1.38. The predicted molar refractivity (Wildman–Crippen MR) is 115 cm³/mol. The average Bonchev–Trinajstić information content (AvgIpc) is 3.52. The molecule has 2 saturated heterocycles. The van der Waals surface area contributed by atoms with Crippen LogP contribution in [0, 0.1) is 0 Å². The summed E-state index contributed by atoms with van der Waals surface area (Å²) in [7, 11) is -3.57. The highest BCUT2D eigenvalue weighted by Crippen LogP contribution is 2.23. The molecule has 0 atom stereocenters. The fourth-order valence-electron chi connectivity index (χ4n) is 3.52. The maximum Gasteiger partial charge on any atom is 0.335 e. The molecule has 2 aliphatic heterocycles. The molecule has 0 bridgehead atoms. The Morgan fingerprint density at radius 3 is 2.25 bits per heavy atom. The molecule has 0 spiro atoms. The lowest BCUT2D eigenvalue weighted by atomic mass is 10.3. The summed E-state index contributed by atoms with van der Waals surface area (Å²) in [5.41, 5.74) is 0.302. The number of rotatable bonds is 7. The van der Waals surface area contributed by atoms with Gasteiger partial charge in [0.15, 0.2) is 0 Å². The number of carbonyl (C=O) groups excluding carboxylic acids is 4. The first-order chi connectivity index (χ1) is 15.3. The molecule has 4 rings (SSSR count). The smallest absolute Gasteiger partial charge is 0.325 e. The molecule has 168 valence electrons. The number of nitrogens with one attached hydrogen (secondary N) is 1. The Morgan fingerprint density at radius 2 is 1.62 bits per heavy atom. The maximum atomic E-state index is 12.6. The van der Waals surface area contributed by atoms with Crippen LogP contribution in [0.2, 0.25) is 0 Å². The van der Waals surface area contributed by atoms with E-state index in [-0.39, 0.29) is 11.4 Å². The molecule has 3 heterocycles. The molecule has 2 aliphatic rings. The van der Waals surface area contributed by atoms with Crippen molar-refractivity contribution in [3.63, 3.8) is 0 Å². The fourth-order valence-corrected chi connectivity index (χ4v) is 5.73. The van der Waals surface area contributed by atoms with Crippen LogP contribution in [0.1, 0.15) is 17.7 Å². The quantitative estimate of drug-likeness (QED) is 0.477. The van der Waals surface area contributed by atoms with E-state index in [9.17, 15) is 27.6 Å². The first kappa shape index (κ1) is 22.1. The summed E-state index contributed by atoms with van der Waals surface area (Å²) in [5.74, 6) is -2.73. The lowest BCUT2D eigenvalue weighted by Gasteiger charge is -2.16. The molecule has 1 N–H and O–H groups in total. The summed E-state index contributed by atoms with van der Waals surface area (Å²) in [6.07, 6.45) is 1.66. The van der Waals surface area contributed by atoms with Gasteiger partial charge in [-0.25, -0.2) is 18.1 Å². The number of thiophene rings is 1. The third kappa shape index (κ3) is 4.29. The van der Waals surface area contributed by atoms with Gasteiger partial charge < -0.3 is 5.32 Å². The van der Waals surface area contributed by atoms with Crippen LogP contribution in [-0.4, -0.2) is 65.9 Å². The minimum Gasteiger partial charge on any atom is -0.325 e. The average molecular weight is 477 g/mol. The number of hydrogen-bond donors (Lipinski definition) is 1. The van der Waals surface area contributed by atoms with Gasteiger partial charge in [-0.05, 0) is 48.6 Å². The van der Waals surface area contributed by atoms with Crippen molar-refractivity contribution in [2.24, 2.45) is 0 Å². The van der Waals surface area contributed by atoms with Crippen molar-refractivity contribution in [3.8, 4) is 0 Å². The van der Waals surface area contributed by atoms with Crippen molar-refractivity contribution in [1.29, 1.82) is 0 Å². The number of nitrogens with zero attached hydrogens (tertiary/aromatic N) is 3. The number of sulfonamides is 1. The molecule has 12 heteroatoms. The van der Waals surface area contributed by atoms with Crippen LogP contribution >= 0.6 is 11.3 Å². The molecular formula is C20H20N4O6S2. The number of urea groups is 1. The second-order valence-electron chi connectivity index (χ2n) is 7.33. The zero-order chi connectivity index (χ0) is 22.9. The molecule has 10 nitrogen and oxygen atoms in total. The molecule has 1 aromatic carbocycles. The van der Waals surface area contributed by atoms with Crippen molar-refractivity contribution >= 4 is 50.8 Å². The van der Waals surface area contributed by atoms with Crippen molar-refractivity contribution in [2.75, 3.05) is 25.0 Å². The van der Waals surface area contributed by atoms with Crippen LogP contribution in [-0.2, 0) is 31.0 Å². The number of benzene rings is 1. The van der Waals surface area contributed by atoms with Gasteiger partial charge in [0.1, 0.15) is 6.54 Å². The van der Waals surface area contributed by atoms with Gasteiger partial charge in [0.2, 0.25) is 15.9 Å². The third-order valence-electron chi connectivity index (χ3n) is 5.17. The second kappa shape index (κ2) is 8.81. The summed E-state index contributed by atoms with van der Waals surface area (Å²) >= 11 is 1.34. The maximum absolute atomic E-state index is 12.6. The van der Waals surface area contributed by atoms with Gasteiger partial charge in [0, 0.05) is 23.7 Å². The van der Waals surface area contributed by atoms with Gasteiger partial charge >= 0.3 is 17.8 Å². The number of hydrogen-bond acceptors (Lipinski definition) is 7. The second-order valence-corrected chi connectivity index (χ2v) is 10.3. The summed E-state index contributed by atoms with van der Waals surface area (Å²) in [6, 6.07) is 8.29. The number of amides is 5. The van der Waals surface area contributed by atoms with Crippen LogP contribution in [0.25, 0.3) is 0 Å². The normalized spacial score (nSPS) is 17.4. The van der Waals surface area contributed by atoms with E-state index in [1.54, 1.807) is 17.5 Å². The number of anilines is 1. The summed E-state index contributed by atoms with van der Waals surface area (Å²) in [6.45, 7) is 0.312. The Bertz CT molecular complexity index is 1160. The Hall–Kier alpha value is -3.09. The lowest BCUT2D eigenvalue weighted by Crippen LogP contribution is -2.38.